The highest BCUT2D eigenvalue weighted by Gasteiger charge is 2.25. The molecule has 1 aliphatic heterocycles. The molecule has 1 unspecified atom stereocenters. The molecule has 2 aromatic rings. The van der Waals surface area contributed by atoms with Crippen LogP contribution in [0.5, 0.6) is 0 Å². The topological polar surface area (TPSA) is 50.8 Å². The Hall–Kier alpha value is -1.41. The van der Waals surface area contributed by atoms with Crippen LogP contribution in [-0.4, -0.2) is 43.3 Å². The number of morpholine rings is 1. The first kappa shape index (κ1) is 18.4. The molecule has 5 nitrogen and oxygen atoms in total. The fourth-order valence-electron chi connectivity index (χ4n) is 2.62. The average molecular weight is 425 g/mol. The first-order chi connectivity index (χ1) is 12.2. The molecule has 1 N–H and O–H groups in total. The van der Waals surface area contributed by atoms with E-state index in [1.54, 1.807) is 16.2 Å². The minimum absolute atomic E-state index is 0.0126. The molecule has 1 aliphatic rings. The second kappa shape index (κ2) is 9.33. The van der Waals surface area contributed by atoms with E-state index in [9.17, 15) is 4.79 Å². The van der Waals surface area contributed by atoms with Crippen LogP contribution in [0.1, 0.15) is 10.4 Å². The lowest BCUT2D eigenvalue weighted by atomic mass is 10.2. The van der Waals surface area contributed by atoms with Gasteiger partial charge in [-0.2, -0.15) is 0 Å². The number of hydrogen-bond donors (Lipinski definition) is 1. The predicted octanol–water partition coefficient (Wildman–Crippen LogP) is 3.64. The molecular formula is C18H21BrN2O3S. The van der Waals surface area contributed by atoms with Gasteiger partial charge in [0, 0.05) is 34.4 Å². The third-order valence-corrected chi connectivity index (χ3v) is 5.59. The summed E-state index contributed by atoms with van der Waals surface area (Å²) >= 11 is 5.17. The van der Waals surface area contributed by atoms with Gasteiger partial charge in [0.2, 0.25) is 0 Å². The summed E-state index contributed by atoms with van der Waals surface area (Å²) in [7, 11) is 0. The van der Waals surface area contributed by atoms with Crippen molar-refractivity contribution in [1.29, 1.82) is 0 Å². The Morgan fingerprint density at radius 2 is 2.24 bits per heavy atom. The number of amides is 1. The molecule has 1 atom stereocenters. The van der Waals surface area contributed by atoms with Crippen LogP contribution in [0.4, 0.5) is 4.79 Å². The van der Waals surface area contributed by atoms with Crippen LogP contribution >= 0.6 is 27.3 Å². The maximum absolute atomic E-state index is 12.2. The molecule has 1 amide bonds. The van der Waals surface area contributed by atoms with Crippen LogP contribution < -0.4 is 5.32 Å². The quantitative estimate of drug-likeness (QED) is 0.768. The first-order valence-corrected chi connectivity index (χ1v) is 9.89. The van der Waals surface area contributed by atoms with Crippen LogP contribution in [-0.2, 0) is 22.6 Å². The summed E-state index contributed by atoms with van der Waals surface area (Å²) < 4.78 is 12.3. The zero-order chi connectivity index (χ0) is 17.5. The SMILES string of the molecule is O=C(OCc1ccccc1)N1CCOC(CNCc2cc(Br)cs2)C1. The fourth-order valence-corrected chi connectivity index (χ4v) is 4.04. The lowest BCUT2D eigenvalue weighted by molar-refractivity contribution is -0.0271. The van der Waals surface area contributed by atoms with Gasteiger partial charge < -0.3 is 19.7 Å². The summed E-state index contributed by atoms with van der Waals surface area (Å²) in [4.78, 5) is 15.2. The van der Waals surface area contributed by atoms with Crippen LogP contribution in [0, 0.1) is 0 Å². The van der Waals surface area contributed by atoms with Crippen molar-refractivity contribution >= 4 is 33.4 Å². The highest BCUT2D eigenvalue weighted by Crippen LogP contribution is 2.19. The van der Waals surface area contributed by atoms with E-state index >= 15 is 0 Å². The molecule has 3 rings (SSSR count). The lowest BCUT2D eigenvalue weighted by Crippen LogP contribution is -2.49. The van der Waals surface area contributed by atoms with Gasteiger partial charge >= 0.3 is 6.09 Å². The Balaban J connectivity index is 1.40. The number of carbonyl (C=O) groups is 1. The number of rotatable bonds is 6. The number of hydrogen-bond acceptors (Lipinski definition) is 5. The van der Waals surface area contributed by atoms with E-state index in [1.165, 1.54) is 4.88 Å². The van der Waals surface area contributed by atoms with Crippen LogP contribution in [0.15, 0.2) is 46.3 Å². The third-order valence-electron chi connectivity index (χ3n) is 3.90. The van der Waals surface area contributed by atoms with Gasteiger partial charge in [-0.05, 0) is 27.6 Å². The minimum Gasteiger partial charge on any atom is -0.445 e. The van der Waals surface area contributed by atoms with Gasteiger partial charge in [0.1, 0.15) is 6.61 Å². The first-order valence-electron chi connectivity index (χ1n) is 8.21. The molecule has 2 heterocycles. The molecule has 134 valence electrons. The molecule has 0 aliphatic carbocycles. The summed E-state index contributed by atoms with van der Waals surface area (Å²) in [5, 5.41) is 5.46. The number of carbonyl (C=O) groups excluding carboxylic acids is 1. The number of thiophene rings is 1. The van der Waals surface area contributed by atoms with E-state index in [4.69, 9.17) is 9.47 Å². The Bertz CT molecular complexity index is 680. The fraction of sp³-hybridized carbons (Fsp3) is 0.389. The molecule has 7 heteroatoms. The van der Waals surface area contributed by atoms with E-state index in [-0.39, 0.29) is 12.2 Å². The van der Waals surface area contributed by atoms with E-state index in [2.05, 4.69) is 32.7 Å². The normalized spacial score (nSPS) is 17.5. The standard InChI is InChI=1S/C18H21BrN2O3S/c19-15-8-17(25-13-15)10-20-9-16-11-21(6-7-23-16)18(22)24-12-14-4-2-1-3-5-14/h1-5,8,13,16,20H,6-7,9-12H2. The third kappa shape index (κ3) is 5.81. The zero-order valence-corrected chi connectivity index (χ0v) is 16.2. The average Bonchev–Trinajstić information content (AvgIpc) is 3.06. The van der Waals surface area contributed by atoms with Crippen LogP contribution in [0.2, 0.25) is 0 Å². The van der Waals surface area contributed by atoms with Crippen molar-refractivity contribution in [3.8, 4) is 0 Å². The van der Waals surface area contributed by atoms with Crippen molar-refractivity contribution in [2.45, 2.75) is 19.3 Å². The number of benzene rings is 1. The second-order valence-corrected chi connectivity index (χ2v) is 7.75. The highest BCUT2D eigenvalue weighted by atomic mass is 79.9. The Morgan fingerprint density at radius 1 is 1.40 bits per heavy atom. The monoisotopic (exact) mass is 424 g/mol. The lowest BCUT2D eigenvalue weighted by Gasteiger charge is -2.32. The Morgan fingerprint density at radius 3 is 3.00 bits per heavy atom. The molecule has 0 radical (unpaired) electrons. The van der Waals surface area contributed by atoms with Gasteiger partial charge in [0.25, 0.3) is 0 Å². The Kier molecular flexibility index (Phi) is 6.86. The molecule has 1 aromatic heterocycles. The van der Waals surface area contributed by atoms with Crippen molar-refractivity contribution < 1.29 is 14.3 Å². The maximum Gasteiger partial charge on any atom is 0.410 e. The molecular weight excluding hydrogens is 404 g/mol. The molecule has 1 fully saturated rings. The van der Waals surface area contributed by atoms with Gasteiger partial charge in [0.05, 0.1) is 19.3 Å². The number of nitrogens with zero attached hydrogens (tertiary/aromatic N) is 1. The maximum atomic E-state index is 12.2. The van der Waals surface area contributed by atoms with Gasteiger partial charge in [-0.1, -0.05) is 30.3 Å². The summed E-state index contributed by atoms with van der Waals surface area (Å²) in [6, 6.07) is 11.8. The molecule has 1 aromatic carbocycles. The van der Waals surface area contributed by atoms with E-state index in [0.29, 0.717) is 32.8 Å². The summed E-state index contributed by atoms with van der Waals surface area (Å²) in [6.45, 7) is 3.47. The van der Waals surface area contributed by atoms with Crippen molar-refractivity contribution in [2.75, 3.05) is 26.2 Å². The zero-order valence-electron chi connectivity index (χ0n) is 13.8. The van der Waals surface area contributed by atoms with Gasteiger partial charge in [0.15, 0.2) is 0 Å². The van der Waals surface area contributed by atoms with Gasteiger partial charge in [-0.25, -0.2) is 4.79 Å². The molecule has 0 bridgehead atoms. The highest BCUT2D eigenvalue weighted by molar-refractivity contribution is 9.10. The predicted molar refractivity (Wildman–Crippen MR) is 102 cm³/mol. The van der Waals surface area contributed by atoms with Gasteiger partial charge in [-0.15, -0.1) is 11.3 Å². The Labute approximate surface area is 160 Å². The van der Waals surface area contributed by atoms with E-state index in [1.807, 2.05) is 30.3 Å². The minimum atomic E-state index is -0.278. The van der Waals surface area contributed by atoms with Crippen molar-refractivity contribution in [3.63, 3.8) is 0 Å². The summed E-state index contributed by atoms with van der Waals surface area (Å²) in [6.07, 6.45) is -0.291. The number of ether oxygens (including phenoxy) is 2. The van der Waals surface area contributed by atoms with Crippen LogP contribution in [0.3, 0.4) is 0 Å². The van der Waals surface area contributed by atoms with Crippen LogP contribution in [0.25, 0.3) is 0 Å². The van der Waals surface area contributed by atoms with Crippen molar-refractivity contribution in [1.82, 2.24) is 10.2 Å². The molecule has 0 spiro atoms. The summed E-state index contributed by atoms with van der Waals surface area (Å²) in [5.74, 6) is 0. The number of nitrogens with one attached hydrogen (secondary N) is 1. The smallest absolute Gasteiger partial charge is 0.410 e. The van der Waals surface area contributed by atoms with Gasteiger partial charge in [-0.3, -0.25) is 0 Å². The molecule has 0 saturated carbocycles. The molecule has 1 saturated heterocycles. The van der Waals surface area contributed by atoms with Crippen molar-refractivity contribution in [2.24, 2.45) is 0 Å². The molecule has 25 heavy (non-hydrogen) atoms. The summed E-state index contributed by atoms with van der Waals surface area (Å²) in [5.41, 5.74) is 0.990. The van der Waals surface area contributed by atoms with Crippen molar-refractivity contribution in [3.05, 3.63) is 56.7 Å². The largest absolute Gasteiger partial charge is 0.445 e. The second-order valence-electron chi connectivity index (χ2n) is 5.84. The van der Waals surface area contributed by atoms with E-state index < -0.39 is 0 Å². The number of halogens is 1. The van der Waals surface area contributed by atoms with E-state index in [0.717, 1.165) is 16.6 Å².